The molecule has 2 aromatic carbocycles. The van der Waals surface area contributed by atoms with E-state index in [2.05, 4.69) is 0 Å². The lowest BCUT2D eigenvalue weighted by atomic mass is 10.2. The largest absolute Gasteiger partial charge is 0.489 e. The highest BCUT2D eigenvalue weighted by atomic mass is 32.2. The molecule has 9 nitrogen and oxygen atoms in total. The number of hydrogen-bond donors (Lipinski definition) is 0. The highest BCUT2D eigenvalue weighted by molar-refractivity contribution is 8.18. The molecule has 0 saturated carbocycles. The standard InChI is InChI=1S/C23H21N3O6S/c27-21(24-10-1-2-11-24)14-25-22(28)20(33-23(25)29)13-17-4-3-5-19(12-17)32-15-16-6-8-18(9-7-16)26(30)31/h3-9,12-13H,1-2,10-11,14-15H2/b20-13+. The SMILES string of the molecule is O=C(CN1C(=O)S/C(=C/c2cccc(OCc3ccc([N+](=O)[O-])cc3)c2)C1=O)N1CCCC1. The van der Waals surface area contributed by atoms with Crippen molar-refractivity contribution in [2.24, 2.45) is 0 Å². The van der Waals surface area contributed by atoms with Crippen molar-refractivity contribution in [2.45, 2.75) is 19.4 Å². The Labute approximate surface area is 194 Å². The van der Waals surface area contributed by atoms with E-state index in [0.29, 0.717) is 24.4 Å². The summed E-state index contributed by atoms with van der Waals surface area (Å²) in [5, 5.41) is 10.3. The minimum Gasteiger partial charge on any atom is -0.489 e. The average molecular weight is 468 g/mol. The Bertz CT molecular complexity index is 1130. The number of benzene rings is 2. The summed E-state index contributed by atoms with van der Waals surface area (Å²) >= 11 is 0.813. The third-order valence-corrected chi connectivity index (χ3v) is 6.24. The molecule has 33 heavy (non-hydrogen) atoms. The molecule has 0 atom stereocenters. The number of rotatable bonds is 7. The second-order valence-electron chi connectivity index (χ2n) is 7.64. The number of non-ortho nitro benzene ring substituents is 1. The molecule has 0 aromatic heterocycles. The van der Waals surface area contributed by atoms with Gasteiger partial charge in [-0.3, -0.25) is 29.4 Å². The number of nitrogens with zero attached hydrogens (tertiary/aromatic N) is 3. The lowest BCUT2D eigenvalue weighted by Crippen LogP contribution is -2.40. The van der Waals surface area contributed by atoms with Crippen LogP contribution < -0.4 is 4.74 Å². The number of imide groups is 1. The fraction of sp³-hybridized carbons (Fsp3) is 0.261. The van der Waals surface area contributed by atoms with Crippen LogP contribution in [0, 0.1) is 10.1 Å². The number of nitro benzene ring substituents is 1. The molecule has 4 rings (SSSR count). The second kappa shape index (κ2) is 9.86. The molecule has 10 heteroatoms. The van der Waals surface area contributed by atoms with E-state index in [4.69, 9.17) is 4.74 Å². The van der Waals surface area contributed by atoms with Crippen LogP contribution in [0.4, 0.5) is 10.5 Å². The molecule has 2 saturated heterocycles. The number of hydrogen-bond acceptors (Lipinski definition) is 7. The van der Waals surface area contributed by atoms with E-state index in [9.17, 15) is 24.5 Å². The molecule has 0 N–H and O–H groups in total. The first-order valence-electron chi connectivity index (χ1n) is 10.4. The Morgan fingerprint density at radius 2 is 1.85 bits per heavy atom. The van der Waals surface area contributed by atoms with Crippen molar-refractivity contribution in [1.82, 2.24) is 9.80 Å². The van der Waals surface area contributed by atoms with Gasteiger partial charge in [-0.1, -0.05) is 12.1 Å². The van der Waals surface area contributed by atoms with E-state index in [1.54, 1.807) is 47.4 Å². The molecule has 0 spiro atoms. The summed E-state index contributed by atoms with van der Waals surface area (Å²) in [6.45, 7) is 1.31. The summed E-state index contributed by atoms with van der Waals surface area (Å²) in [5.41, 5.74) is 1.46. The fourth-order valence-corrected chi connectivity index (χ4v) is 4.40. The van der Waals surface area contributed by atoms with Crippen molar-refractivity contribution in [3.05, 3.63) is 74.7 Å². The van der Waals surface area contributed by atoms with E-state index in [1.165, 1.54) is 12.1 Å². The van der Waals surface area contributed by atoms with Crippen LogP contribution in [0.25, 0.3) is 6.08 Å². The summed E-state index contributed by atoms with van der Waals surface area (Å²) in [6.07, 6.45) is 3.48. The Morgan fingerprint density at radius 1 is 1.12 bits per heavy atom. The highest BCUT2D eigenvalue weighted by Gasteiger charge is 2.37. The van der Waals surface area contributed by atoms with E-state index in [-0.39, 0.29) is 29.7 Å². The molecule has 170 valence electrons. The van der Waals surface area contributed by atoms with Gasteiger partial charge in [-0.2, -0.15) is 0 Å². The molecule has 3 amide bonds. The topological polar surface area (TPSA) is 110 Å². The van der Waals surface area contributed by atoms with Gasteiger partial charge in [0.2, 0.25) is 5.91 Å². The quantitative estimate of drug-likeness (QED) is 0.346. The van der Waals surface area contributed by atoms with E-state index in [1.807, 2.05) is 0 Å². The van der Waals surface area contributed by atoms with Crippen molar-refractivity contribution >= 4 is 40.6 Å². The monoisotopic (exact) mass is 467 g/mol. The summed E-state index contributed by atoms with van der Waals surface area (Å²) in [6, 6.07) is 13.1. The number of carbonyl (C=O) groups is 3. The minimum absolute atomic E-state index is 0.0109. The smallest absolute Gasteiger partial charge is 0.294 e. The molecular formula is C23H21N3O6S. The van der Waals surface area contributed by atoms with Crippen LogP contribution in [-0.2, 0) is 16.2 Å². The van der Waals surface area contributed by atoms with Crippen molar-refractivity contribution in [2.75, 3.05) is 19.6 Å². The molecule has 0 unspecified atom stereocenters. The average Bonchev–Trinajstić information content (AvgIpc) is 3.43. The molecular weight excluding hydrogens is 446 g/mol. The van der Waals surface area contributed by atoms with Crippen LogP contribution in [0.5, 0.6) is 5.75 Å². The number of nitro groups is 1. The fourth-order valence-electron chi connectivity index (χ4n) is 3.56. The first kappa shape index (κ1) is 22.5. The Morgan fingerprint density at radius 3 is 2.55 bits per heavy atom. The van der Waals surface area contributed by atoms with Gasteiger partial charge in [0.1, 0.15) is 18.9 Å². The Balaban J connectivity index is 1.40. The Hall–Kier alpha value is -3.66. The minimum atomic E-state index is -0.477. The summed E-state index contributed by atoms with van der Waals surface area (Å²) in [5.74, 6) is -0.141. The van der Waals surface area contributed by atoms with Crippen LogP contribution in [0.2, 0.25) is 0 Å². The second-order valence-corrected chi connectivity index (χ2v) is 8.63. The van der Waals surface area contributed by atoms with Gasteiger partial charge in [0.05, 0.1) is 9.83 Å². The van der Waals surface area contributed by atoms with Gasteiger partial charge in [-0.05, 0) is 66.1 Å². The number of likely N-dealkylation sites (tertiary alicyclic amines) is 1. The summed E-state index contributed by atoms with van der Waals surface area (Å²) in [4.78, 5) is 50.6. The van der Waals surface area contributed by atoms with E-state index in [0.717, 1.165) is 35.1 Å². The molecule has 2 aliphatic heterocycles. The van der Waals surface area contributed by atoms with Gasteiger partial charge >= 0.3 is 0 Å². The third kappa shape index (κ3) is 5.40. The lowest BCUT2D eigenvalue weighted by Gasteiger charge is -2.18. The van der Waals surface area contributed by atoms with Gasteiger partial charge in [-0.25, -0.2) is 0 Å². The maximum atomic E-state index is 12.7. The van der Waals surface area contributed by atoms with Crippen LogP contribution in [0.15, 0.2) is 53.4 Å². The number of carbonyl (C=O) groups excluding carboxylic acids is 3. The summed E-state index contributed by atoms with van der Waals surface area (Å²) < 4.78 is 5.76. The molecule has 2 fully saturated rings. The zero-order valence-corrected chi connectivity index (χ0v) is 18.5. The molecule has 0 radical (unpaired) electrons. The number of ether oxygens (including phenoxy) is 1. The van der Waals surface area contributed by atoms with E-state index < -0.39 is 16.1 Å². The third-order valence-electron chi connectivity index (χ3n) is 5.33. The molecule has 0 aliphatic carbocycles. The van der Waals surface area contributed by atoms with Crippen LogP contribution >= 0.6 is 11.8 Å². The molecule has 2 aliphatic rings. The van der Waals surface area contributed by atoms with Gasteiger partial charge < -0.3 is 9.64 Å². The molecule has 2 aromatic rings. The van der Waals surface area contributed by atoms with Crippen molar-refractivity contribution in [3.8, 4) is 5.75 Å². The van der Waals surface area contributed by atoms with Crippen molar-refractivity contribution < 1.29 is 24.0 Å². The number of amides is 3. The lowest BCUT2D eigenvalue weighted by molar-refractivity contribution is -0.384. The van der Waals surface area contributed by atoms with Crippen LogP contribution in [0.3, 0.4) is 0 Å². The van der Waals surface area contributed by atoms with Crippen LogP contribution in [-0.4, -0.2) is 51.4 Å². The first-order valence-corrected chi connectivity index (χ1v) is 11.2. The van der Waals surface area contributed by atoms with Crippen molar-refractivity contribution in [3.63, 3.8) is 0 Å². The van der Waals surface area contributed by atoms with E-state index >= 15 is 0 Å². The summed E-state index contributed by atoms with van der Waals surface area (Å²) in [7, 11) is 0. The highest BCUT2D eigenvalue weighted by Crippen LogP contribution is 2.32. The predicted octanol–water partition coefficient (Wildman–Crippen LogP) is 3.83. The van der Waals surface area contributed by atoms with Gasteiger partial charge in [-0.15, -0.1) is 0 Å². The van der Waals surface area contributed by atoms with Gasteiger partial charge in [0.15, 0.2) is 0 Å². The maximum Gasteiger partial charge on any atom is 0.294 e. The predicted molar refractivity (Wildman–Crippen MR) is 122 cm³/mol. The van der Waals surface area contributed by atoms with Gasteiger partial charge in [0, 0.05) is 25.2 Å². The Kier molecular flexibility index (Phi) is 6.74. The molecule has 0 bridgehead atoms. The number of thioether (sulfide) groups is 1. The first-order chi connectivity index (χ1) is 15.9. The maximum absolute atomic E-state index is 12.7. The zero-order valence-electron chi connectivity index (χ0n) is 17.6. The normalized spacial score (nSPS) is 17.2. The molecule has 2 heterocycles. The van der Waals surface area contributed by atoms with Crippen molar-refractivity contribution in [1.29, 1.82) is 0 Å². The zero-order chi connectivity index (χ0) is 23.4. The van der Waals surface area contributed by atoms with Crippen LogP contribution in [0.1, 0.15) is 24.0 Å². The van der Waals surface area contributed by atoms with Gasteiger partial charge in [0.25, 0.3) is 16.8 Å².